The third-order valence-corrected chi connectivity index (χ3v) is 5.00. The minimum Gasteiger partial charge on any atom is -0.318 e. The number of nitrogens with zero attached hydrogens (tertiary/aromatic N) is 2. The fourth-order valence-corrected chi connectivity index (χ4v) is 3.67. The van der Waals surface area contributed by atoms with E-state index in [-0.39, 0.29) is 10.9 Å². The molecule has 1 aromatic rings. The van der Waals surface area contributed by atoms with E-state index in [0.717, 1.165) is 25.8 Å². The standard InChI is InChI=1S/C12H22N4O2S/c1-10-3-4-11(7-10)15-19(17,18)12-8-14-16(9-12)6-5-13-2/h8-11,13,15H,3-7H2,1-2H3. The number of nitrogens with one attached hydrogen (secondary N) is 2. The highest BCUT2D eigenvalue weighted by Crippen LogP contribution is 2.25. The van der Waals surface area contributed by atoms with Crippen LogP contribution in [0.25, 0.3) is 0 Å². The van der Waals surface area contributed by atoms with Crippen molar-refractivity contribution in [3.8, 4) is 0 Å². The summed E-state index contributed by atoms with van der Waals surface area (Å²) < 4.78 is 28.8. The molecule has 1 saturated carbocycles. The lowest BCUT2D eigenvalue weighted by Crippen LogP contribution is -2.32. The maximum absolute atomic E-state index is 12.2. The van der Waals surface area contributed by atoms with Crippen molar-refractivity contribution in [2.45, 2.75) is 43.7 Å². The molecule has 1 aliphatic carbocycles. The molecule has 7 heteroatoms. The molecule has 19 heavy (non-hydrogen) atoms. The quantitative estimate of drug-likeness (QED) is 0.801. The van der Waals surface area contributed by atoms with Crippen LogP contribution >= 0.6 is 0 Å². The van der Waals surface area contributed by atoms with Gasteiger partial charge in [0.05, 0.1) is 12.7 Å². The minimum atomic E-state index is -3.43. The molecule has 1 aromatic heterocycles. The Morgan fingerprint density at radius 1 is 1.47 bits per heavy atom. The molecule has 2 atom stereocenters. The highest BCUT2D eigenvalue weighted by Gasteiger charge is 2.27. The predicted molar refractivity (Wildman–Crippen MR) is 73.3 cm³/mol. The van der Waals surface area contributed by atoms with E-state index in [9.17, 15) is 8.42 Å². The van der Waals surface area contributed by atoms with Gasteiger partial charge in [-0.15, -0.1) is 0 Å². The summed E-state index contributed by atoms with van der Waals surface area (Å²) >= 11 is 0. The van der Waals surface area contributed by atoms with Gasteiger partial charge in [-0.25, -0.2) is 13.1 Å². The van der Waals surface area contributed by atoms with E-state index in [1.807, 2.05) is 7.05 Å². The van der Waals surface area contributed by atoms with Gasteiger partial charge in [-0.3, -0.25) is 4.68 Å². The average molecular weight is 286 g/mol. The molecule has 2 unspecified atom stereocenters. The van der Waals surface area contributed by atoms with E-state index >= 15 is 0 Å². The lowest BCUT2D eigenvalue weighted by molar-refractivity contribution is 0.538. The second kappa shape index (κ2) is 6.02. The lowest BCUT2D eigenvalue weighted by Gasteiger charge is -2.11. The van der Waals surface area contributed by atoms with Crippen LogP contribution in [0.1, 0.15) is 26.2 Å². The van der Waals surface area contributed by atoms with Crippen molar-refractivity contribution in [3.63, 3.8) is 0 Å². The van der Waals surface area contributed by atoms with Crippen LogP contribution in [0, 0.1) is 5.92 Å². The van der Waals surface area contributed by atoms with Crippen molar-refractivity contribution in [2.75, 3.05) is 13.6 Å². The van der Waals surface area contributed by atoms with Crippen molar-refractivity contribution in [1.29, 1.82) is 0 Å². The Bertz CT molecular complexity index is 512. The van der Waals surface area contributed by atoms with Gasteiger partial charge in [0.25, 0.3) is 0 Å². The summed E-state index contributed by atoms with van der Waals surface area (Å²) in [4.78, 5) is 0.253. The van der Waals surface area contributed by atoms with Crippen LogP contribution in [0.3, 0.4) is 0 Å². The van der Waals surface area contributed by atoms with Crippen LogP contribution in [0.4, 0.5) is 0 Å². The van der Waals surface area contributed by atoms with E-state index in [0.29, 0.717) is 12.5 Å². The first-order valence-corrected chi connectivity index (χ1v) is 8.19. The molecule has 1 heterocycles. The van der Waals surface area contributed by atoms with Crippen LogP contribution in [-0.4, -0.2) is 37.8 Å². The third kappa shape index (κ3) is 3.77. The molecule has 0 aromatic carbocycles. The summed E-state index contributed by atoms with van der Waals surface area (Å²) in [7, 11) is -1.57. The molecule has 2 N–H and O–H groups in total. The van der Waals surface area contributed by atoms with E-state index in [2.05, 4.69) is 22.1 Å². The molecule has 1 aliphatic rings. The molecule has 0 radical (unpaired) electrons. The van der Waals surface area contributed by atoms with Crippen LogP contribution in [0.5, 0.6) is 0 Å². The molecule has 0 saturated heterocycles. The van der Waals surface area contributed by atoms with E-state index in [4.69, 9.17) is 0 Å². The zero-order valence-electron chi connectivity index (χ0n) is 11.5. The molecule has 2 rings (SSSR count). The maximum atomic E-state index is 12.2. The molecule has 0 aliphatic heterocycles. The van der Waals surface area contributed by atoms with Gasteiger partial charge in [-0.2, -0.15) is 5.10 Å². The fraction of sp³-hybridized carbons (Fsp3) is 0.750. The summed E-state index contributed by atoms with van der Waals surface area (Å²) in [6.45, 7) is 3.57. The van der Waals surface area contributed by atoms with Crippen LogP contribution in [0.2, 0.25) is 0 Å². The number of aromatic nitrogens is 2. The van der Waals surface area contributed by atoms with Gasteiger partial charge in [0.15, 0.2) is 0 Å². The first-order valence-electron chi connectivity index (χ1n) is 6.70. The van der Waals surface area contributed by atoms with Crippen molar-refractivity contribution in [2.24, 2.45) is 5.92 Å². The SMILES string of the molecule is CNCCn1cc(S(=O)(=O)NC2CCC(C)C2)cn1. The first kappa shape index (κ1) is 14.5. The highest BCUT2D eigenvalue weighted by molar-refractivity contribution is 7.89. The van der Waals surface area contributed by atoms with E-state index in [1.54, 1.807) is 10.9 Å². The van der Waals surface area contributed by atoms with E-state index < -0.39 is 10.0 Å². The summed E-state index contributed by atoms with van der Waals surface area (Å²) in [5.41, 5.74) is 0. The molecule has 6 nitrogen and oxygen atoms in total. The second-order valence-electron chi connectivity index (χ2n) is 5.28. The Labute approximate surface area is 114 Å². The van der Waals surface area contributed by atoms with Crippen molar-refractivity contribution in [1.82, 2.24) is 19.8 Å². The van der Waals surface area contributed by atoms with Gasteiger partial charge in [0.2, 0.25) is 10.0 Å². The monoisotopic (exact) mass is 286 g/mol. The molecular weight excluding hydrogens is 264 g/mol. The Morgan fingerprint density at radius 3 is 2.89 bits per heavy atom. The van der Waals surface area contributed by atoms with Crippen molar-refractivity contribution >= 4 is 10.0 Å². The minimum absolute atomic E-state index is 0.0701. The number of hydrogen-bond acceptors (Lipinski definition) is 4. The Kier molecular flexibility index (Phi) is 4.59. The van der Waals surface area contributed by atoms with Gasteiger partial charge in [0.1, 0.15) is 4.90 Å². The molecule has 0 spiro atoms. The zero-order valence-corrected chi connectivity index (χ0v) is 12.3. The van der Waals surface area contributed by atoms with Crippen molar-refractivity contribution in [3.05, 3.63) is 12.4 Å². The van der Waals surface area contributed by atoms with Gasteiger partial charge < -0.3 is 5.32 Å². The van der Waals surface area contributed by atoms with Crippen molar-refractivity contribution < 1.29 is 8.42 Å². The van der Waals surface area contributed by atoms with Gasteiger partial charge in [-0.05, 0) is 32.2 Å². The molecule has 0 amide bonds. The number of likely N-dealkylation sites (N-methyl/N-ethyl adjacent to an activating group) is 1. The van der Waals surface area contributed by atoms with Crippen LogP contribution < -0.4 is 10.0 Å². The Morgan fingerprint density at radius 2 is 2.26 bits per heavy atom. The second-order valence-corrected chi connectivity index (χ2v) is 6.99. The fourth-order valence-electron chi connectivity index (χ4n) is 2.43. The Hall–Kier alpha value is -0.920. The Balaban J connectivity index is 2.00. The van der Waals surface area contributed by atoms with Gasteiger partial charge in [-0.1, -0.05) is 6.92 Å². The summed E-state index contributed by atoms with van der Waals surface area (Å²) in [6.07, 6.45) is 5.93. The third-order valence-electron chi connectivity index (χ3n) is 3.53. The summed E-state index contributed by atoms with van der Waals surface area (Å²) in [6, 6.07) is 0.0701. The van der Waals surface area contributed by atoms with Crippen LogP contribution in [-0.2, 0) is 16.6 Å². The molecule has 1 fully saturated rings. The summed E-state index contributed by atoms with van der Waals surface area (Å²) in [5.74, 6) is 0.603. The topological polar surface area (TPSA) is 76.0 Å². The summed E-state index contributed by atoms with van der Waals surface area (Å²) in [5, 5.41) is 7.07. The highest BCUT2D eigenvalue weighted by atomic mass is 32.2. The largest absolute Gasteiger partial charge is 0.318 e. The molecule has 108 valence electrons. The molecule has 0 bridgehead atoms. The number of sulfonamides is 1. The maximum Gasteiger partial charge on any atom is 0.243 e. The predicted octanol–water partition coefficient (Wildman–Crippen LogP) is 0.569. The zero-order chi connectivity index (χ0) is 13.9. The normalized spacial score (nSPS) is 23.9. The van der Waals surface area contributed by atoms with Gasteiger partial charge in [0, 0.05) is 18.8 Å². The average Bonchev–Trinajstić information content (AvgIpc) is 2.95. The smallest absolute Gasteiger partial charge is 0.243 e. The lowest BCUT2D eigenvalue weighted by atomic mass is 10.1. The number of hydrogen-bond donors (Lipinski definition) is 2. The first-order chi connectivity index (χ1) is 9.01. The molecular formula is C12H22N4O2S. The van der Waals surface area contributed by atoms with Gasteiger partial charge >= 0.3 is 0 Å². The van der Waals surface area contributed by atoms with Crippen LogP contribution in [0.15, 0.2) is 17.3 Å². The van der Waals surface area contributed by atoms with E-state index in [1.165, 1.54) is 6.20 Å². The number of rotatable bonds is 6.